The third-order valence-electron chi connectivity index (χ3n) is 11.3. The molecule has 1 aromatic carbocycles. The summed E-state index contributed by atoms with van der Waals surface area (Å²) in [6.45, 7) is 7.71. The smallest absolute Gasteiger partial charge is 0.409 e. The van der Waals surface area contributed by atoms with E-state index in [1.807, 2.05) is 50.0 Å². The minimum Gasteiger partial charge on any atom is -0.495 e. The van der Waals surface area contributed by atoms with E-state index in [2.05, 4.69) is 34.3 Å². The highest BCUT2D eigenvalue weighted by atomic mass is 16.6. The van der Waals surface area contributed by atoms with Crippen LogP contribution in [0.5, 0.6) is 5.75 Å². The molecule has 3 heterocycles. The number of carbonyl (C=O) groups is 2. The normalized spacial score (nSPS) is 21.7. The highest BCUT2D eigenvalue weighted by Gasteiger charge is 2.32. The summed E-state index contributed by atoms with van der Waals surface area (Å²) in [4.78, 5) is 35.5. The van der Waals surface area contributed by atoms with Crippen molar-refractivity contribution in [1.29, 1.82) is 0 Å². The molecule has 6 rings (SSSR count). The zero-order valence-electron chi connectivity index (χ0n) is 30.4. The number of rotatable bonds is 10. The van der Waals surface area contributed by atoms with Gasteiger partial charge in [0.15, 0.2) is 0 Å². The maximum absolute atomic E-state index is 14.2. The maximum Gasteiger partial charge on any atom is 0.409 e. The molecule has 3 aliphatic rings. The second-order valence-electron chi connectivity index (χ2n) is 15.2. The van der Waals surface area contributed by atoms with Crippen molar-refractivity contribution < 1.29 is 24.2 Å². The third kappa shape index (κ3) is 8.68. The second-order valence-corrected chi connectivity index (χ2v) is 15.2. The number of aliphatic hydroxyl groups is 1. The number of methoxy groups -OCH3 is 1. The number of benzene rings is 1. The van der Waals surface area contributed by atoms with Crippen molar-refractivity contribution in [1.82, 2.24) is 19.7 Å². The molecule has 3 fully saturated rings. The van der Waals surface area contributed by atoms with Gasteiger partial charge in [0.25, 0.3) is 0 Å². The predicted octanol–water partition coefficient (Wildman–Crippen LogP) is 7.69. The molecule has 1 atom stereocenters. The number of piperidine rings is 1. The molecule has 2 saturated carbocycles. The van der Waals surface area contributed by atoms with Crippen molar-refractivity contribution in [2.75, 3.05) is 38.3 Å². The van der Waals surface area contributed by atoms with E-state index in [0.29, 0.717) is 37.8 Å². The van der Waals surface area contributed by atoms with Crippen molar-refractivity contribution in [3.8, 4) is 16.9 Å². The zero-order valence-corrected chi connectivity index (χ0v) is 30.4. The first-order valence-corrected chi connectivity index (χ1v) is 18.7. The Morgan fingerprint density at radius 3 is 2.46 bits per heavy atom. The van der Waals surface area contributed by atoms with Crippen LogP contribution in [0.3, 0.4) is 0 Å². The van der Waals surface area contributed by atoms with Gasteiger partial charge in [0.05, 0.1) is 30.6 Å². The molecule has 1 saturated heterocycles. The molecule has 1 aliphatic heterocycles. The predicted molar refractivity (Wildman–Crippen MR) is 194 cm³/mol. The Morgan fingerprint density at radius 2 is 1.76 bits per heavy atom. The lowest BCUT2D eigenvalue weighted by molar-refractivity contribution is -0.123. The summed E-state index contributed by atoms with van der Waals surface area (Å²) in [7, 11) is 1.69. The number of aryl methyl sites for hydroxylation is 1. The monoisotopic (exact) mass is 685 g/mol. The van der Waals surface area contributed by atoms with Crippen LogP contribution >= 0.6 is 0 Å². The van der Waals surface area contributed by atoms with Crippen molar-refractivity contribution in [2.24, 2.45) is 11.8 Å². The van der Waals surface area contributed by atoms with Crippen molar-refractivity contribution in [3.63, 3.8) is 0 Å². The molecular formula is C40H55N5O5. The van der Waals surface area contributed by atoms with Gasteiger partial charge in [-0.15, -0.1) is 0 Å². The summed E-state index contributed by atoms with van der Waals surface area (Å²) in [5, 5.41) is 14.8. The van der Waals surface area contributed by atoms with Gasteiger partial charge in [0.1, 0.15) is 12.4 Å². The van der Waals surface area contributed by atoms with E-state index >= 15 is 0 Å². The van der Waals surface area contributed by atoms with E-state index in [9.17, 15) is 14.7 Å². The number of amides is 2. The molecule has 270 valence electrons. The third-order valence-corrected chi connectivity index (χ3v) is 11.3. The molecule has 0 radical (unpaired) electrons. The summed E-state index contributed by atoms with van der Waals surface area (Å²) >= 11 is 0. The summed E-state index contributed by atoms with van der Waals surface area (Å²) in [5.74, 6) is 2.05. The summed E-state index contributed by atoms with van der Waals surface area (Å²) < 4.78 is 12.9. The van der Waals surface area contributed by atoms with Crippen LogP contribution in [-0.4, -0.2) is 75.7 Å². The minimum atomic E-state index is -0.720. The SMILES string of the molecule is COc1ccc(C2CCC(CN(C(=O)C3CCCCC3)c3cccc(-c4cnn(C(C)COC(=O)N5CCC(C)(O)CC5)c4)c3)CC2)nc1C. The highest BCUT2D eigenvalue weighted by molar-refractivity contribution is 5.95. The van der Waals surface area contributed by atoms with Gasteiger partial charge in [-0.2, -0.15) is 5.10 Å². The molecule has 10 nitrogen and oxygen atoms in total. The zero-order chi connectivity index (χ0) is 35.3. The fourth-order valence-corrected chi connectivity index (χ4v) is 7.91. The van der Waals surface area contributed by atoms with Gasteiger partial charge in [0.2, 0.25) is 5.91 Å². The van der Waals surface area contributed by atoms with Crippen LogP contribution in [0.2, 0.25) is 0 Å². The molecule has 2 amide bonds. The van der Waals surface area contributed by atoms with Gasteiger partial charge < -0.3 is 24.4 Å². The lowest BCUT2D eigenvalue weighted by Crippen LogP contribution is -2.45. The van der Waals surface area contributed by atoms with Crippen LogP contribution in [0.1, 0.15) is 108 Å². The largest absolute Gasteiger partial charge is 0.495 e. The lowest BCUT2D eigenvalue weighted by Gasteiger charge is -2.35. The molecule has 10 heteroatoms. The molecule has 1 unspecified atom stereocenters. The van der Waals surface area contributed by atoms with Crippen LogP contribution in [0.25, 0.3) is 11.1 Å². The number of likely N-dealkylation sites (tertiary alicyclic amines) is 1. The van der Waals surface area contributed by atoms with Crippen molar-refractivity contribution >= 4 is 17.7 Å². The van der Waals surface area contributed by atoms with Crippen LogP contribution in [0.4, 0.5) is 10.5 Å². The molecule has 3 aromatic rings. The molecule has 0 bridgehead atoms. The van der Waals surface area contributed by atoms with Crippen LogP contribution in [0.15, 0.2) is 48.8 Å². The van der Waals surface area contributed by atoms with E-state index < -0.39 is 5.60 Å². The average Bonchev–Trinajstić information content (AvgIpc) is 3.64. The van der Waals surface area contributed by atoms with Gasteiger partial charge in [-0.25, -0.2) is 4.79 Å². The van der Waals surface area contributed by atoms with Crippen molar-refractivity contribution in [3.05, 3.63) is 60.2 Å². The second kappa shape index (κ2) is 16.0. The molecule has 50 heavy (non-hydrogen) atoms. The minimum absolute atomic E-state index is 0.0830. The van der Waals surface area contributed by atoms with Crippen LogP contribution < -0.4 is 9.64 Å². The van der Waals surface area contributed by atoms with Gasteiger partial charge in [-0.05, 0) is 108 Å². The standard InChI is InChI=1S/C40H55N5O5/c1-28(27-50-39(47)43-21-19-40(3,48)20-22-43)45-26-34(24-41-45)33-11-8-12-35(23-33)44(38(46)32-9-6-5-7-10-32)25-30-13-15-31(16-14-30)36-17-18-37(49-4)29(2)42-36/h8,11-12,17-18,23-24,26,28,30-32,48H,5-7,9-10,13-16,19-22,25,27H2,1-4H3. The summed E-state index contributed by atoms with van der Waals surface area (Å²) in [6.07, 6.45) is 14.2. The fraction of sp³-hybridized carbons (Fsp3) is 0.600. The van der Waals surface area contributed by atoms with E-state index in [1.165, 1.54) is 6.42 Å². The van der Waals surface area contributed by atoms with Gasteiger partial charge in [0, 0.05) is 54.6 Å². The lowest BCUT2D eigenvalue weighted by atomic mass is 9.79. The number of nitrogens with zero attached hydrogens (tertiary/aromatic N) is 5. The number of carbonyl (C=O) groups excluding carboxylic acids is 2. The number of pyridine rings is 1. The van der Waals surface area contributed by atoms with E-state index in [0.717, 1.165) is 91.9 Å². The number of ether oxygens (including phenoxy) is 2. The average molecular weight is 686 g/mol. The Labute approximate surface area is 297 Å². The number of hydrogen-bond acceptors (Lipinski definition) is 7. The highest BCUT2D eigenvalue weighted by Crippen LogP contribution is 2.38. The van der Waals surface area contributed by atoms with E-state index in [-0.39, 0.29) is 30.6 Å². The van der Waals surface area contributed by atoms with Crippen LogP contribution in [0, 0.1) is 18.8 Å². The first-order chi connectivity index (χ1) is 24.1. The Bertz CT molecular complexity index is 1600. The molecule has 1 N–H and O–H groups in total. The first-order valence-electron chi connectivity index (χ1n) is 18.7. The molecule has 2 aromatic heterocycles. The Kier molecular flexibility index (Phi) is 11.5. The molecular weight excluding hydrogens is 630 g/mol. The topological polar surface area (TPSA) is 110 Å². The Morgan fingerprint density at radius 1 is 1.02 bits per heavy atom. The number of anilines is 1. The van der Waals surface area contributed by atoms with Gasteiger partial charge in [-0.3, -0.25) is 14.5 Å². The fourth-order valence-electron chi connectivity index (χ4n) is 7.91. The summed E-state index contributed by atoms with van der Waals surface area (Å²) in [6, 6.07) is 12.3. The van der Waals surface area contributed by atoms with Gasteiger partial charge >= 0.3 is 6.09 Å². The van der Waals surface area contributed by atoms with Gasteiger partial charge in [-0.1, -0.05) is 31.4 Å². The van der Waals surface area contributed by atoms with E-state index in [1.54, 1.807) is 12.0 Å². The molecule has 2 aliphatic carbocycles. The van der Waals surface area contributed by atoms with Crippen LogP contribution in [-0.2, 0) is 9.53 Å². The van der Waals surface area contributed by atoms with Crippen molar-refractivity contribution in [2.45, 2.75) is 109 Å². The maximum atomic E-state index is 14.2. The Balaban J connectivity index is 1.11. The first kappa shape index (κ1) is 35.9. The summed E-state index contributed by atoms with van der Waals surface area (Å²) in [5.41, 5.74) is 4.27. The number of aromatic nitrogens is 3. The molecule has 0 spiro atoms. The quantitative estimate of drug-likeness (QED) is 0.233. The van der Waals surface area contributed by atoms with E-state index in [4.69, 9.17) is 14.5 Å². The Hall–Kier alpha value is -3.92. The number of hydrogen-bond donors (Lipinski definition) is 1.